The number of aromatic nitrogens is 3. The maximum Gasteiger partial charge on any atom is 0.164 e. The number of thiophene rings is 1. The number of para-hydroxylation sites is 2. The van der Waals surface area contributed by atoms with E-state index in [2.05, 4.69) is 115 Å². The number of benzene rings is 8. The van der Waals surface area contributed by atoms with E-state index < -0.39 is 0 Å². The molecule has 0 saturated carbocycles. The average molecular weight is 748 g/mol. The van der Waals surface area contributed by atoms with Crippen molar-refractivity contribution < 1.29 is 8.83 Å². The normalized spacial score (nSPS) is 11.9. The summed E-state index contributed by atoms with van der Waals surface area (Å²) in [6.07, 6.45) is 0. The Morgan fingerprint density at radius 2 is 0.877 bits per heavy atom. The highest BCUT2D eigenvalue weighted by atomic mass is 32.1. The minimum absolute atomic E-state index is 0.585. The zero-order valence-corrected chi connectivity index (χ0v) is 31.1. The molecule has 0 saturated heterocycles. The largest absolute Gasteiger partial charge is 0.456 e. The molecule has 266 valence electrons. The van der Waals surface area contributed by atoms with Crippen LogP contribution in [0, 0.1) is 0 Å². The van der Waals surface area contributed by atoms with E-state index in [1.165, 1.54) is 20.2 Å². The van der Waals surface area contributed by atoms with Crippen LogP contribution in [0.25, 0.3) is 120 Å². The van der Waals surface area contributed by atoms with E-state index in [9.17, 15) is 0 Å². The van der Waals surface area contributed by atoms with E-state index in [4.69, 9.17) is 23.8 Å². The molecule has 0 spiro atoms. The van der Waals surface area contributed by atoms with Gasteiger partial charge >= 0.3 is 0 Å². The summed E-state index contributed by atoms with van der Waals surface area (Å²) < 4.78 is 15.5. The van der Waals surface area contributed by atoms with Crippen LogP contribution in [0.2, 0.25) is 0 Å². The molecular formula is C51H29N3O2S. The summed E-state index contributed by atoms with van der Waals surface area (Å²) >= 11 is 1.83. The Balaban J connectivity index is 0.971. The van der Waals surface area contributed by atoms with Gasteiger partial charge in [-0.15, -0.1) is 11.3 Å². The SMILES string of the molecule is c1ccc(-c2nc(-c3ccc(-c4ccc(-c5ccc6c(c5)sc5ccccc56)c5oc6ccccc6c45)cc3)nc(-c3ccc4c(c3)oc3ccccc34)n2)cc1. The molecule has 0 unspecified atom stereocenters. The molecule has 0 aliphatic heterocycles. The molecule has 0 bridgehead atoms. The van der Waals surface area contributed by atoms with Gasteiger partial charge in [-0.25, -0.2) is 15.0 Å². The van der Waals surface area contributed by atoms with Gasteiger partial charge in [-0.3, -0.25) is 0 Å². The monoisotopic (exact) mass is 747 g/mol. The lowest BCUT2D eigenvalue weighted by Crippen LogP contribution is -2.00. The molecular weight excluding hydrogens is 719 g/mol. The maximum atomic E-state index is 6.69. The Morgan fingerprint density at radius 1 is 0.333 bits per heavy atom. The van der Waals surface area contributed by atoms with Gasteiger partial charge in [-0.05, 0) is 59.2 Å². The molecule has 6 heteroatoms. The van der Waals surface area contributed by atoms with Crippen molar-refractivity contribution in [3.8, 4) is 56.4 Å². The van der Waals surface area contributed by atoms with Crippen molar-refractivity contribution in [2.75, 3.05) is 0 Å². The summed E-state index contributed by atoms with van der Waals surface area (Å²) in [6.45, 7) is 0. The zero-order chi connectivity index (χ0) is 37.5. The van der Waals surface area contributed by atoms with Gasteiger partial charge in [-0.1, -0.05) is 133 Å². The van der Waals surface area contributed by atoms with Gasteiger partial charge in [-0.2, -0.15) is 0 Å². The van der Waals surface area contributed by atoms with Gasteiger partial charge in [0, 0.05) is 64.0 Å². The van der Waals surface area contributed by atoms with Crippen molar-refractivity contribution in [1.82, 2.24) is 15.0 Å². The minimum atomic E-state index is 0.585. The second kappa shape index (κ2) is 12.6. The molecule has 0 fully saturated rings. The molecule has 0 N–H and O–H groups in total. The van der Waals surface area contributed by atoms with Gasteiger partial charge in [0.2, 0.25) is 0 Å². The van der Waals surface area contributed by atoms with Crippen LogP contribution in [0.4, 0.5) is 0 Å². The Kier molecular flexibility index (Phi) is 7.03. The Hall–Kier alpha value is -7.41. The van der Waals surface area contributed by atoms with E-state index in [-0.39, 0.29) is 0 Å². The fraction of sp³-hybridized carbons (Fsp3) is 0. The predicted molar refractivity (Wildman–Crippen MR) is 234 cm³/mol. The van der Waals surface area contributed by atoms with Crippen molar-refractivity contribution in [2.45, 2.75) is 0 Å². The smallest absolute Gasteiger partial charge is 0.164 e. The second-order valence-electron chi connectivity index (χ2n) is 14.3. The third-order valence-electron chi connectivity index (χ3n) is 11.0. The standard InChI is InChI=1S/C51H29N3O2S/c1-2-10-31(11-3-1)49-52-50(54-51(53-49)34-23-24-38-37-12-4-7-15-42(37)55-44(38)28-34)32-20-18-30(19-21-32)35-26-27-36(48-47(35)41-14-5-8-16-43(41)56-48)33-22-25-40-39-13-6-9-17-45(39)57-46(40)29-33/h1-29H. The molecule has 4 heterocycles. The predicted octanol–water partition coefficient (Wildman–Crippen LogP) is 14.4. The van der Waals surface area contributed by atoms with Crippen LogP contribution in [0.5, 0.6) is 0 Å². The van der Waals surface area contributed by atoms with Gasteiger partial charge in [0.05, 0.1) is 0 Å². The van der Waals surface area contributed by atoms with E-state index in [1.54, 1.807) is 0 Å². The number of hydrogen-bond acceptors (Lipinski definition) is 6. The number of fused-ring (bicyclic) bond motifs is 9. The first-order valence-electron chi connectivity index (χ1n) is 18.9. The highest BCUT2D eigenvalue weighted by molar-refractivity contribution is 7.25. The summed E-state index contributed by atoms with van der Waals surface area (Å²) in [7, 11) is 0. The Morgan fingerprint density at radius 3 is 1.68 bits per heavy atom. The van der Waals surface area contributed by atoms with Crippen LogP contribution >= 0.6 is 11.3 Å². The maximum absolute atomic E-state index is 6.69. The van der Waals surface area contributed by atoms with Crippen molar-refractivity contribution >= 4 is 75.4 Å². The van der Waals surface area contributed by atoms with Crippen molar-refractivity contribution in [1.29, 1.82) is 0 Å². The Bertz CT molecular complexity index is 3530. The highest BCUT2D eigenvalue weighted by Crippen LogP contribution is 2.44. The zero-order valence-electron chi connectivity index (χ0n) is 30.3. The molecule has 57 heavy (non-hydrogen) atoms. The lowest BCUT2D eigenvalue weighted by atomic mass is 9.94. The van der Waals surface area contributed by atoms with E-state index in [0.29, 0.717) is 17.5 Å². The second-order valence-corrected chi connectivity index (χ2v) is 15.4. The highest BCUT2D eigenvalue weighted by Gasteiger charge is 2.19. The molecule has 0 aliphatic rings. The molecule has 0 radical (unpaired) electrons. The van der Waals surface area contributed by atoms with Crippen LogP contribution in [-0.2, 0) is 0 Å². The first-order valence-corrected chi connectivity index (χ1v) is 19.7. The van der Waals surface area contributed by atoms with Gasteiger partial charge in [0.15, 0.2) is 17.5 Å². The quantitative estimate of drug-likeness (QED) is 0.175. The van der Waals surface area contributed by atoms with Gasteiger partial charge in [0.25, 0.3) is 0 Å². The van der Waals surface area contributed by atoms with Crippen LogP contribution in [0.1, 0.15) is 0 Å². The summed E-state index contributed by atoms with van der Waals surface area (Å²) in [4.78, 5) is 15.0. The summed E-state index contributed by atoms with van der Waals surface area (Å²) in [5.74, 6) is 1.79. The van der Waals surface area contributed by atoms with Crippen molar-refractivity contribution in [3.05, 3.63) is 176 Å². The lowest BCUT2D eigenvalue weighted by molar-refractivity contribution is 0.669. The van der Waals surface area contributed by atoms with Crippen molar-refractivity contribution in [2.24, 2.45) is 0 Å². The molecule has 4 aromatic heterocycles. The van der Waals surface area contributed by atoms with Gasteiger partial charge in [0.1, 0.15) is 22.3 Å². The summed E-state index contributed by atoms with van der Waals surface area (Å²) in [5, 5.41) is 6.92. The fourth-order valence-electron chi connectivity index (χ4n) is 8.20. The summed E-state index contributed by atoms with van der Waals surface area (Å²) in [6, 6.07) is 61.0. The average Bonchev–Trinajstić information content (AvgIpc) is 3.97. The first kappa shape index (κ1) is 31.9. The molecule has 12 aromatic rings. The number of furan rings is 2. The molecule has 0 aliphatic carbocycles. The van der Waals surface area contributed by atoms with Crippen LogP contribution in [0.3, 0.4) is 0 Å². The van der Waals surface area contributed by atoms with E-state index in [0.717, 1.165) is 82.8 Å². The van der Waals surface area contributed by atoms with Crippen LogP contribution in [0.15, 0.2) is 185 Å². The first-order chi connectivity index (χ1) is 28.2. The van der Waals surface area contributed by atoms with E-state index in [1.807, 2.05) is 72.0 Å². The van der Waals surface area contributed by atoms with Gasteiger partial charge < -0.3 is 8.83 Å². The number of rotatable bonds is 5. The molecule has 8 aromatic carbocycles. The van der Waals surface area contributed by atoms with Crippen molar-refractivity contribution in [3.63, 3.8) is 0 Å². The molecule has 0 atom stereocenters. The number of nitrogens with zero attached hydrogens (tertiary/aromatic N) is 3. The van der Waals surface area contributed by atoms with E-state index >= 15 is 0 Å². The van der Waals surface area contributed by atoms with Crippen LogP contribution < -0.4 is 0 Å². The molecule has 0 amide bonds. The minimum Gasteiger partial charge on any atom is -0.456 e. The summed E-state index contributed by atoms with van der Waals surface area (Å²) in [5.41, 5.74) is 10.5. The third-order valence-corrected chi connectivity index (χ3v) is 12.1. The third kappa shape index (κ3) is 5.19. The number of hydrogen-bond donors (Lipinski definition) is 0. The molecule has 12 rings (SSSR count). The lowest BCUT2D eigenvalue weighted by Gasteiger charge is -2.11. The van der Waals surface area contributed by atoms with Crippen LogP contribution in [-0.4, -0.2) is 15.0 Å². The fourth-order valence-corrected chi connectivity index (χ4v) is 9.35. The molecule has 5 nitrogen and oxygen atoms in total. The Labute approximate surface area is 330 Å². The topological polar surface area (TPSA) is 65.0 Å².